The summed E-state index contributed by atoms with van der Waals surface area (Å²) in [4.78, 5) is 12.0. The highest BCUT2D eigenvalue weighted by Gasteiger charge is 2.19. The second-order valence-electron chi connectivity index (χ2n) is 6.58. The summed E-state index contributed by atoms with van der Waals surface area (Å²) in [6, 6.07) is 6.44. The number of carbonyl (C=O) groups excluding carboxylic acids is 1. The molecule has 1 N–H and O–H groups in total. The smallest absolute Gasteiger partial charge is 0.303 e. The summed E-state index contributed by atoms with van der Waals surface area (Å²) in [5, 5.41) is 5.46. The van der Waals surface area contributed by atoms with Gasteiger partial charge in [-0.3, -0.25) is 4.79 Å². The summed E-state index contributed by atoms with van der Waals surface area (Å²) in [6.45, 7) is 3.29. The molecule has 0 atom stereocenters. The number of halogens is 2. The van der Waals surface area contributed by atoms with Crippen LogP contribution in [0.25, 0.3) is 0 Å². The number of rotatable bonds is 11. The Labute approximate surface area is 164 Å². The predicted octanol–water partition coefficient (Wildman–Crippen LogP) is 1.07. The highest BCUT2D eigenvalue weighted by atomic mass is 32.3. The maximum Gasteiger partial charge on any atom is 0.303 e. The molecule has 0 bridgehead atoms. The lowest BCUT2D eigenvalue weighted by atomic mass is 10.1. The molecule has 28 heavy (non-hydrogen) atoms. The van der Waals surface area contributed by atoms with Gasteiger partial charge in [0.15, 0.2) is 0 Å². The maximum absolute atomic E-state index is 12.9. The van der Waals surface area contributed by atoms with Crippen molar-refractivity contribution >= 4 is 26.4 Å². The van der Waals surface area contributed by atoms with Crippen LogP contribution in [0.1, 0.15) is 29.8 Å². The highest BCUT2D eigenvalue weighted by molar-refractivity contribution is 7.86. The van der Waals surface area contributed by atoms with E-state index in [1.807, 2.05) is 13.8 Å². The Kier molecular flexibility index (Phi) is 8.92. The largest absolute Gasteiger partial charge is 0.350 e. The fourth-order valence-electron chi connectivity index (χ4n) is 2.29. The summed E-state index contributed by atoms with van der Waals surface area (Å²) in [5.74, 6) is -1.82. The number of hydrogen-bond acceptors (Lipinski definition) is 7. The average Bonchev–Trinajstić information content (AvgIpc) is 2.54. The zero-order chi connectivity index (χ0) is 21.5. The number of carbonyl (C=O) groups is 1. The van der Waals surface area contributed by atoms with E-state index >= 15 is 0 Å². The van der Waals surface area contributed by atoms with Crippen molar-refractivity contribution in [2.75, 3.05) is 31.6 Å². The fraction of sp³-hybridized carbons (Fsp3) is 0.562. The zero-order valence-electron chi connectivity index (χ0n) is 15.9. The molecule has 0 saturated carbocycles. The molecule has 0 aliphatic heterocycles. The van der Waals surface area contributed by atoms with Crippen molar-refractivity contribution in [2.45, 2.75) is 26.4 Å². The molecule has 0 spiro atoms. The van der Waals surface area contributed by atoms with Crippen molar-refractivity contribution in [3.8, 4) is 0 Å². The van der Waals surface area contributed by atoms with Gasteiger partial charge in [0.2, 0.25) is 0 Å². The van der Waals surface area contributed by atoms with Gasteiger partial charge < -0.3 is 5.32 Å². The molecule has 1 aromatic rings. The third kappa shape index (κ3) is 10.1. The van der Waals surface area contributed by atoms with Crippen molar-refractivity contribution in [2.24, 2.45) is 0 Å². The molecule has 0 aliphatic rings. The van der Waals surface area contributed by atoms with Gasteiger partial charge in [0.05, 0.1) is 11.5 Å². The van der Waals surface area contributed by atoms with Gasteiger partial charge in [-0.15, -0.1) is 7.77 Å². The van der Waals surface area contributed by atoms with E-state index < -0.39 is 32.0 Å². The molecule has 1 rings (SSSR count). The van der Waals surface area contributed by atoms with E-state index in [0.29, 0.717) is 11.1 Å². The van der Waals surface area contributed by atoms with Gasteiger partial charge in [-0.05, 0) is 31.5 Å². The van der Waals surface area contributed by atoms with Crippen LogP contribution in [0.3, 0.4) is 0 Å². The zero-order valence-corrected chi connectivity index (χ0v) is 17.6. The number of hydrogen-bond donors (Lipinski definition) is 1. The minimum atomic E-state index is -4.73. The summed E-state index contributed by atoms with van der Waals surface area (Å²) >= 11 is 0. The Morgan fingerprint density at radius 2 is 1.50 bits per heavy atom. The van der Waals surface area contributed by atoms with Crippen LogP contribution in [-0.4, -0.2) is 70.4 Å². The third-order valence-corrected chi connectivity index (χ3v) is 5.08. The van der Waals surface area contributed by atoms with Gasteiger partial charge >= 0.3 is 20.4 Å². The van der Waals surface area contributed by atoms with Crippen LogP contribution in [0.2, 0.25) is 0 Å². The average molecular weight is 442 g/mol. The van der Waals surface area contributed by atoms with Gasteiger partial charge in [-0.2, -0.15) is 16.8 Å². The maximum atomic E-state index is 12.9. The Bertz CT molecular complexity index is 859. The van der Waals surface area contributed by atoms with Crippen LogP contribution in [0.15, 0.2) is 24.3 Å². The number of benzene rings is 1. The lowest BCUT2D eigenvalue weighted by Gasteiger charge is -2.31. The van der Waals surface area contributed by atoms with E-state index in [1.54, 1.807) is 24.3 Å². The lowest BCUT2D eigenvalue weighted by Crippen LogP contribution is -2.43. The number of nitrogens with zero attached hydrogens (tertiary/aromatic N) is 2. The van der Waals surface area contributed by atoms with Crippen molar-refractivity contribution in [3.05, 3.63) is 35.4 Å². The number of amides is 1. The van der Waals surface area contributed by atoms with Crippen LogP contribution in [0.4, 0.5) is 7.77 Å². The molecule has 0 aliphatic carbocycles. The summed E-state index contributed by atoms with van der Waals surface area (Å²) < 4.78 is 68.7. The van der Waals surface area contributed by atoms with E-state index in [2.05, 4.69) is 5.32 Å². The van der Waals surface area contributed by atoms with Gasteiger partial charge in [-0.25, -0.2) is 10.0 Å². The minimum absolute atomic E-state index is 0.0225. The molecule has 0 aromatic heterocycles. The molecule has 0 unspecified atom stereocenters. The first-order valence-corrected chi connectivity index (χ1v) is 11.6. The number of hydrazine groups is 1. The van der Waals surface area contributed by atoms with Crippen molar-refractivity contribution < 1.29 is 29.4 Å². The van der Waals surface area contributed by atoms with Crippen molar-refractivity contribution in [3.63, 3.8) is 0 Å². The second-order valence-corrected chi connectivity index (χ2v) is 9.55. The van der Waals surface area contributed by atoms with Gasteiger partial charge in [-0.1, -0.05) is 12.1 Å². The molecular weight excluding hydrogens is 416 g/mol. The molecule has 0 radical (unpaired) electrons. The topological polar surface area (TPSA) is 104 Å². The van der Waals surface area contributed by atoms with Crippen LogP contribution in [-0.2, 0) is 27.0 Å². The van der Waals surface area contributed by atoms with E-state index in [9.17, 15) is 29.4 Å². The predicted molar refractivity (Wildman–Crippen MR) is 102 cm³/mol. The van der Waals surface area contributed by atoms with Crippen molar-refractivity contribution in [1.82, 2.24) is 15.3 Å². The molecule has 0 fully saturated rings. The van der Waals surface area contributed by atoms with E-state index in [4.69, 9.17) is 0 Å². The second kappa shape index (κ2) is 10.2. The SMILES string of the molecule is CC(C)NC(=O)c1ccc(CN(CCS(=O)(=O)F)N(C)CCS(=O)(=O)F)cc1. The first kappa shape index (κ1) is 24.4. The molecule has 8 nitrogen and oxygen atoms in total. The molecule has 12 heteroatoms. The van der Waals surface area contributed by atoms with Crippen LogP contribution in [0.5, 0.6) is 0 Å². The molecular formula is C16H25F2N3O5S2. The van der Waals surface area contributed by atoms with Gasteiger partial charge in [0, 0.05) is 38.3 Å². The summed E-state index contributed by atoms with van der Waals surface area (Å²) in [5.41, 5.74) is 1.11. The van der Waals surface area contributed by atoms with E-state index in [1.165, 1.54) is 17.1 Å². The monoisotopic (exact) mass is 441 g/mol. The molecule has 0 saturated heterocycles. The van der Waals surface area contributed by atoms with E-state index in [-0.39, 0.29) is 31.6 Å². The summed E-state index contributed by atoms with van der Waals surface area (Å²) in [7, 11) is -7.99. The third-order valence-electron chi connectivity index (χ3n) is 3.74. The lowest BCUT2D eigenvalue weighted by molar-refractivity contribution is 0.00233. The quantitative estimate of drug-likeness (QED) is 0.405. The first-order valence-electron chi connectivity index (χ1n) is 8.47. The Hall–Kier alpha value is -1.63. The van der Waals surface area contributed by atoms with Gasteiger partial charge in [0.1, 0.15) is 0 Å². The van der Waals surface area contributed by atoms with Crippen LogP contribution < -0.4 is 5.32 Å². The first-order chi connectivity index (χ1) is 12.8. The fourth-order valence-corrected chi connectivity index (χ4v) is 3.20. The molecule has 160 valence electrons. The van der Waals surface area contributed by atoms with Crippen molar-refractivity contribution in [1.29, 1.82) is 0 Å². The summed E-state index contributed by atoms with van der Waals surface area (Å²) in [6.07, 6.45) is 0. The minimum Gasteiger partial charge on any atom is -0.350 e. The normalized spacial score (nSPS) is 12.7. The Morgan fingerprint density at radius 3 is 1.96 bits per heavy atom. The standard InChI is InChI=1S/C16H25F2N3O5S2/c1-13(2)19-16(22)15-6-4-14(5-7-15)12-21(9-11-28(18,25)26)20(3)8-10-27(17,23)24/h4-7,13H,8-12H2,1-3H3,(H,19,22). The molecule has 1 amide bonds. The number of nitrogens with one attached hydrogen (secondary N) is 1. The van der Waals surface area contributed by atoms with Crippen LogP contribution in [0, 0.1) is 0 Å². The van der Waals surface area contributed by atoms with E-state index in [0.717, 1.165) is 0 Å². The molecule has 1 aromatic carbocycles. The Balaban J connectivity index is 2.87. The van der Waals surface area contributed by atoms with Gasteiger partial charge in [0.25, 0.3) is 5.91 Å². The Morgan fingerprint density at radius 1 is 1.00 bits per heavy atom. The molecule has 0 heterocycles. The van der Waals surface area contributed by atoms with Crippen LogP contribution >= 0.6 is 0 Å². The highest BCUT2D eigenvalue weighted by Crippen LogP contribution is 2.11.